The molecule has 1 saturated heterocycles. The Bertz CT molecular complexity index is 1020. The highest BCUT2D eigenvalue weighted by Crippen LogP contribution is 2.33. The van der Waals surface area contributed by atoms with Gasteiger partial charge in [-0.2, -0.15) is 4.31 Å². The van der Waals surface area contributed by atoms with E-state index in [-0.39, 0.29) is 23.2 Å². The van der Waals surface area contributed by atoms with Crippen molar-refractivity contribution in [3.05, 3.63) is 52.6 Å². The number of para-hydroxylation sites is 2. The summed E-state index contributed by atoms with van der Waals surface area (Å²) in [4.78, 5) is 10.5. The van der Waals surface area contributed by atoms with Crippen LogP contribution in [0.2, 0.25) is 0 Å². The van der Waals surface area contributed by atoms with Crippen LogP contribution in [-0.2, 0) is 10.0 Å². The number of fused-ring (bicyclic) bond motifs is 1. The molecule has 1 fully saturated rings. The van der Waals surface area contributed by atoms with E-state index in [9.17, 15) is 18.5 Å². The Morgan fingerprint density at radius 3 is 2.59 bits per heavy atom. The molecule has 2 aromatic carbocycles. The summed E-state index contributed by atoms with van der Waals surface area (Å²) in [5.74, 6) is 1.29. The van der Waals surface area contributed by atoms with Crippen molar-refractivity contribution in [1.29, 1.82) is 0 Å². The number of rotatable bonds is 6. The summed E-state index contributed by atoms with van der Waals surface area (Å²) in [6.45, 7) is 1.43. The van der Waals surface area contributed by atoms with Crippen LogP contribution in [0.25, 0.3) is 0 Å². The number of benzene rings is 2. The highest BCUT2D eigenvalue weighted by molar-refractivity contribution is 7.89. The van der Waals surface area contributed by atoms with E-state index in [0.29, 0.717) is 36.9 Å². The second-order valence-electron chi connectivity index (χ2n) is 6.93. The molecular formula is C19H21N3O6S. The lowest BCUT2D eigenvalue weighted by molar-refractivity contribution is -0.385. The Kier molecular flexibility index (Phi) is 5.29. The van der Waals surface area contributed by atoms with E-state index in [1.54, 1.807) is 6.07 Å². The standard InChI is InChI=1S/C19H21N3O6S/c23-22(24)14-7-8-16(19(11-14)29(25,26)21-9-3-4-10-21)20-12-15-13-27-17-5-1-2-6-18(17)28-15/h1-2,5-8,11,15,20H,3-4,9-10,12-13H2/t15-/m1/s1. The van der Waals surface area contributed by atoms with E-state index in [4.69, 9.17) is 9.47 Å². The van der Waals surface area contributed by atoms with Crippen molar-refractivity contribution in [2.24, 2.45) is 0 Å². The van der Waals surface area contributed by atoms with E-state index in [1.807, 2.05) is 18.2 Å². The molecule has 9 nitrogen and oxygen atoms in total. The highest BCUT2D eigenvalue weighted by Gasteiger charge is 2.31. The Labute approximate surface area is 168 Å². The van der Waals surface area contributed by atoms with Gasteiger partial charge in [0.15, 0.2) is 11.5 Å². The summed E-state index contributed by atoms with van der Waals surface area (Å²) < 4.78 is 39.0. The topological polar surface area (TPSA) is 111 Å². The first-order valence-electron chi connectivity index (χ1n) is 9.36. The molecule has 0 unspecified atom stereocenters. The first-order chi connectivity index (χ1) is 13.9. The molecule has 154 valence electrons. The maximum absolute atomic E-state index is 13.1. The number of non-ortho nitro benzene ring substituents is 1. The predicted octanol–water partition coefficient (Wildman–Crippen LogP) is 2.63. The van der Waals surface area contributed by atoms with Crippen molar-refractivity contribution >= 4 is 21.4 Å². The maximum Gasteiger partial charge on any atom is 0.270 e. The Morgan fingerprint density at radius 2 is 1.86 bits per heavy atom. The molecule has 1 atom stereocenters. The number of nitro benzene ring substituents is 1. The van der Waals surface area contributed by atoms with Crippen LogP contribution >= 0.6 is 0 Å². The largest absolute Gasteiger partial charge is 0.486 e. The third-order valence-corrected chi connectivity index (χ3v) is 6.89. The van der Waals surface area contributed by atoms with E-state index in [0.717, 1.165) is 18.9 Å². The van der Waals surface area contributed by atoms with Crippen molar-refractivity contribution in [1.82, 2.24) is 4.31 Å². The Hall–Kier alpha value is -2.85. The minimum Gasteiger partial charge on any atom is -0.486 e. The van der Waals surface area contributed by atoms with Crippen molar-refractivity contribution < 1.29 is 22.8 Å². The quantitative estimate of drug-likeness (QED) is 0.566. The summed E-state index contributed by atoms with van der Waals surface area (Å²) in [5, 5.41) is 14.3. The van der Waals surface area contributed by atoms with Crippen LogP contribution in [-0.4, -0.2) is 50.0 Å². The van der Waals surface area contributed by atoms with Gasteiger partial charge in [-0.05, 0) is 31.0 Å². The molecule has 29 heavy (non-hydrogen) atoms. The maximum atomic E-state index is 13.1. The number of sulfonamides is 1. The van der Waals surface area contributed by atoms with Crippen LogP contribution in [0.15, 0.2) is 47.4 Å². The van der Waals surface area contributed by atoms with Gasteiger partial charge in [0.25, 0.3) is 5.69 Å². The molecular weight excluding hydrogens is 398 g/mol. The first-order valence-corrected chi connectivity index (χ1v) is 10.8. The van der Waals surface area contributed by atoms with Gasteiger partial charge in [-0.15, -0.1) is 0 Å². The smallest absolute Gasteiger partial charge is 0.270 e. The molecule has 0 bridgehead atoms. The Balaban J connectivity index is 1.56. The number of nitrogens with zero attached hydrogens (tertiary/aromatic N) is 2. The molecule has 0 aliphatic carbocycles. The monoisotopic (exact) mass is 419 g/mol. The molecule has 2 aromatic rings. The minimum absolute atomic E-state index is 0.0919. The summed E-state index contributed by atoms with van der Waals surface area (Å²) in [5.41, 5.74) is 0.0458. The van der Waals surface area contributed by atoms with Gasteiger partial charge in [-0.3, -0.25) is 10.1 Å². The molecule has 0 radical (unpaired) electrons. The molecule has 0 aromatic heterocycles. The highest BCUT2D eigenvalue weighted by atomic mass is 32.2. The van der Waals surface area contributed by atoms with E-state index < -0.39 is 14.9 Å². The van der Waals surface area contributed by atoms with E-state index >= 15 is 0 Å². The van der Waals surface area contributed by atoms with Gasteiger partial charge in [0, 0.05) is 25.2 Å². The molecule has 2 heterocycles. The number of anilines is 1. The van der Waals surface area contributed by atoms with Crippen molar-refractivity contribution in [3.63, 3.8) is 0 Å². The van der Waals surface area contributed by atoms with Gasteiger partial charge in [-0.1, -0.05) is 12.1 Å². The van der Waals surface area contributed by atoms with Crippen LogP contribution < -0.4 is 14.8 Å². The molecule has 0 saturated carbocycles. The van der Waals surface area contributed by atoms with Gasteiger partial charge in [-0.25, -0.2) is 8.42 Å². The fourth-order valence-corrected chi connectivity index (χ4v) is 5.14. The Morgan fingerprint density at radius 1 is 1.14 bits per heavy atom. The predicted molar refractivity (Wildman–Crippen MR) is 106 cm³/mol. The van der Waals surface area contributed by atoms with Crippen LogP contribution in [0.4, 0.5) is 11.4 Å². The number of nitrogens with one attached hydrogen (secondary N) is 1. The van der Waals surface area contributed by atoms with Crippen LogP contribution in [0, 0.1) is 10.1 Å². The zero-order valence-corrected chi connectivity index (χ0v) is 16.4. The minimum atomic E-state index is -3.83. The van der Waals surface area contributed by atoms with Crippen molar-refractivity contribution in [2.75, 3.05) is 31.6 Å². The number of hydrogen-bond donors (Lipinski definition) is 1. The summed E-state index contributed by atoms with van der Waals surface area (Å²) >= 11 is 0. The van der Waals surface area contributed by atoms with E-state index in [1.165, 1.54) is 16.4 Å². The zero-order chi connectivity index (χ0) is 20.4. The molecule has 0 spiro atoms. The van der Waals surface area contributed by atoms with Crippen molar-refractivity contribution in [2.45, 2.75) is 23.8 Å². The molecule has 2 aliphatic rings. The van der Waals surface area contributed by atoms with Gasteiger partial charge >= 0.3 is 0 Å². The van der Waals surface area contributed by atoms with Crippen LogP contribution in [0.3, 0.4) is 0 Å². The lowest BCUT2D eigenvalue weighted by atomic mass is 10.2. The molecule has 10 heteroatoms. The summed E-state index contributed by atoms with van der Waals surface area (Å²) in [6, 6.07) is 11.1. The van der Waals surface area contributed by atoms with Gasteiger partial charge in [0.2, 0.25) is 10.0 Å². The molecule has 2 aliphatic heterocycles. The normalized spacial score (nSPS) is 19.1. The number of hydrogen-bond acceptors (Lipinski definition) is 7. The second-order valence-corrected chi connectivity index (χ2v) is 8.83. The zero-order valence-electron chi connectivity index (χ0n) is 15.6. The average Bonchev–Trinajstić information content (AvgIpc) is 3.27. The summed E-state index contributed by atoms with van der Waals surface area (Å²) in [6.07, 6.45) is 1.23. The fourth-order valence-electron chi connectivity index (χ4n) is 3.44. The lowest BCUT2D eigenvalue weighted by Crippen LogP contribution is -2.36. The average molecular weight is 419 g/mol. The van der Waals surface area contributed by atoms with Crippen LogP contribution in [0.1, 0.15) is 12.8 Å². The third kappa shape index (κ3) is 3.99. The summed E-state index contributed by atoms with van der Waals surface area (Å²) in [7, 11) is -3.83. The lowest BCUT2D eigenvalue weighted by Gasteiger charge is -2.27. The third-order valence-electron chi connectivity index (χ3n) is 4.95. The molecule has 0 amide bonds. The first kappa shape index (κ1) is 19.5. The van der Waals surface area contributed by atoms with Gasteiger partial charge in [0.1, 0.15) is 17.6 Å². The molecule has 1 N–H and O–H groups in total. The van der Waals surface area contributed by atoms with Gasteiger partial charge in [0.05, 0.1) is 17.2 Å². The van der Waals surface area contributed by atoms with Crippen LogP contribution in [0.5, 0.6) is 11.5 Å². The number of ether oxygens (including phenoxy) is 2. The fraction of sp³-hybridized carbons (Fsp3) is 0.368. The van der Waals surface area contributed by atoms with Crippen molar-refractivity contribution in [3.8, 4) is 11.5 Å². The SMILES string of the molecule is O=[N+]([O-])c1ccc(NC[C@@H]2COc3ccccc3O2)c(S(=O)(=O)N2CCCC2)c1. The van der Waals surface area contributed by atoms with E-state index in [2.05, 4.69) is 5.32 Å². The molecule has 4 rings (SSSR count). The van der Waals surface area contributed by atoms with Gasteiger partial charge < -0.3 is 14.8 Å². The number of nitro groups is 1. The second kappa shape index (κ2) is 7.88.